The minimum absolute atomic E-state index is 0.108. The molecule has 5 nitrogen and oxygen atoms in total. The smallest absolute Gasteiger partial charge is 0.240 e. The van der Waals surface area contributed by atoms with Gasteiger partial charge in [-0.05, 0) is 28.4 Å². The first kappa shape index (κ1) is 12.8. The standard InChI is InChI=1S/C12H13BrN4O/c1-8(9-5-3-2-4-6-9)18-11-10(13)7-15-12(16-11)17-14/h2-8H,14H2,1H3,(H,15,16,17). The molecule has 1 heterocycles. The second kappa shape index (κ2) is 5.79. The van der Waals surface area contributed by atoms with E-state index in [4.69, 9.17) is 10.6 Å². The van der Waals surface area contributed by atoms with E-state index in [1.165, 1.54) is 0 Å². The zero-order valence-corrected chi connectivity index (χ0v) is 11.4. The Kier molecular flexibility index (Phi) is 4.11. The second-order valence-electron chi connectivity index (χ2n) is 3.66. The van der Waals surface area contributed by atoms with Crippen LogP contribution in [0.2, 0.25) is 0 Å². The van der Waals surface area contributed by atoms with Crippen LogP contribution in [-0.4, -0.2) is 9.97 Å². The van der Waals surface area contributed by atoms with E-state index < -0.39 is 0 Å². The number of hydrogen-bond acceptors (Lipinski definition) is 5. The summed E-state index contributed by atoms with van der Waals surface area (Å²) < 4.78 is 6.46. The number of rotatable bonds is 4. The van der Waals surface area contributed by atoms with Crippen LogP contribution in [0.4, 0.5) is 5.95 Å². The normalized spacial score (nSPS) is 11.9. The Morgan fingerprint density at radius 1 is 1.33 bits per heavy atom. The summed E-state index contributed by atoms with van der Waals surface area (Å²) in [4.78, 5) is 8.10. The lowest BCUT2D eigenvalue weighted by molar-refractivity contribution is 0.215. The number of hydrogen-bond donors (Lipinski definition) is 2. The maximum atomic E-state index is 5.78. The lowest BCUT2D eigenvalue weighted by atomic mass is 10.1. The number of aromatic nitrogens is 2. The van der Waals surface area contributed by atoms with Crippen molar-refractivity contribution < 1.29 is 4.74 Å². The van der Waals surface area contributed by atoms with Gasteiger partial charge in [0.25, 0.3) is 0 Å². The van der Waals surface area contributed by atoms with Crippen molar-refractivity contribution in [1.82, 2.24) is 9.97 Å². The number of anilines is 1. The number of nitrogens with one attached hydrogen (secondary N) is 1. The summed E-state index contributed by atoms with van der Waals surface area (Å²) in [6.45, 7) is 1.96. The van der Waals surface area contributed by atoms with Gasteiger partial charge in [-0.25, -0.2) is 10.8 Å². The molecular weight excluding hydrogens is 296 g/mol. The minimum atomic E-state index is -0.108. The molecule has 0 aliphatic rings. The van der Waals surface area contributed by atoms with Gasteiger partial charge in [0.05, 0.1) is 10.7 Å². The van der Waals surface area contributed by atoms with Gasteiger partial charge in [0.1, 0.15) is 6.10 Å². The van der Waals surface area contributed by atoms with Crippen molar-refractivity contribution in [2.75, 3.05) is 5.43 Å². The van der Waals surface area contributed by atoms with Gasteiger partial charge >= 0.3 is 0 Å². The van der Waals surface area contributed by atoms with Crippen molar-refractivity contribution in [2.45, 2.75) is 13.0 Å². The molecule has 0 bridgehead atoms. The Morgan fingerprint density at radius 2 is 2.06 bits per heavy atom. The molecule has 1 aromatic heterocycles. The topological polar surface area (TPSA) is 73.1 Å². The Bertz CT molecular complexity index is 521. The largest absolute Gasteiger partial charge is 0.469 e. The van der Waals surface area contributed by atoms with Crippen LogP contribution < -0.4 is 16.0 Å². The van der Waals surface area contributed by atoms with Crippen molar-refractivity contribution >= 4 is 21.9 Å². The van der Waals surface area contributed by atoms with Gasteiger partial charge in [-0.2, -0.15) is 4.98 Å². The molecule has 0 radical (unpaired) electrons. The van der Waals surface area contributed by atoms with E-state index in [-0.39, 0.29) is 6.10 Å². The van der Waals surface area contributed by atoms with Crippen molar-refractivity contribution in [3.8, 4) is 5.88 Å². The molecule has 2 aromatic rings. The summed E-state index contributed by atoms with van der Waals surface area (Å²) in [5.41, 5.74) is 3.46. The van der Waals surface area contributed by atoms with Crippen LogP contribution >= 0.6 is 15.9 Å². The van der Waals surface area contributed by atoms with Gasteiger partial charge in [-0.3, -0.25) is 5.43 Å². The molecule has 1 aromatic carbocycles. The summed E-state index contributed by atoms with van der Waals surface area (Å²) in [6, 6.07) is 9.91. The van der Waals surface area contributed by atoms with Crippen LogP contribution in [0.3, 0.4) is 0 Å². The number of nitrogens with zero attached hydrogens (tertiary/aromatic N) is 2. The number of benzene rings is 1. The Balaban J connectivity index is 2.18. The Morgan fingerprint density at radius 3 is 2.72 bits per heavy atom. The highest BCUT2D eigenvalue weighted by Crippen LogP contribution is 2.27. The van der Waals surface area contributed by atoms with Gasteiger partial charge in [0.15, 0.2) is 0 Å². The molecule has 0 aliphatic heterocycles. The number of halogens is 1. The zero-order chi connectivity index (χ0) is 13.0. The molecule has 0 fully saturated rings. The molecule has 0 saturated heterocycles. The Hall–Kier alpha value is -1.66. The van der Waals surface area contributed by atoms with Crippen LogP contribution in [0.5, 0.6) is 5.88 Å². The molecule has 0 aliphatic carbocycles. The predicted octanol–water partition coefficient (Wildman–Crippen LogP) is 2.66. The highest BCUT2D eigenvalue weighted by atomic mass is 79.9. The van der Waals surface area contributed by atoms with Crippen molar-refractivity contribution in [3.63, 3.8) is 0 Å². The minimum Gasteiger partial charge on any atom is -0.469 e. The molecule has 0 spiro atoms. The molecule has 0 amide bonds. The van der Waals surface area contributed by atoms with E-state index in [1.807, 2.05) is 37.3 Å². The summed E-state index contributed by atoms with van der Waals surface area (Å²) >= 11 is 3.34. The highest BCUT2D eigenvalue weighted by Gasteiger charge is 2.11. The third-order valence-electron chi connectivity index (χ3n) is 2.40. The van der Waals surface area contributed by atoms with E-state index >= 15 is 0 Å². The molecule has 3 N–H and O–H groups in total. The number of ether oxygens (including phenoxy) is 1. The molecule has 6 heteroatoms. The van der Waals surface area contributed by atoms with Crippen molar-refractivity contribution in [1.29, 1.82) is 0 Å². The monoisotopic (exact) mass is 308 g/mol. The van der Waals surface area contributed by atoms with Gasteiger partial charge < -0.3 is 4.74 Å². The summed E-state index contributed by atoms with van der Waals surface area (Å²) in [7, 11) is 0. The summed E-state index contributed by atoms with van der Waals surface area (Å²) in [6.07, 6.45) is 1.48. The SMILES string of the molecule is CC(Oc1nc(NN)ncc1Br)c1ccccc1. The molecular formula is C12H13BrN4O. The van der Waals surface area contributed by atoms with Crippen LogP contribution in [0.25, 0.3) is 0 Å². The quantitative estimate of drug-likeness (QED) is 0.671. The number of nitrogen functional groups attached to an aromatic ring is 1. The lowest BCUT2D eigenvalue weighted by Gasteiger charge is -2.15. The van der Waals surface area contributed by atoms with Crippen LogP contribution in [0, 0.1) is 0 Å². The van der Waals surface area contributed by atoms with Crippen LogP contribution in [0.15, 0.2) is 41.0 Å². The molecule has 2 rings (SSSR count). The van der Waals surface area contributed by atoms with Gasteiger partial charge in [0, 0.05) is 0 Å². The van der Waals surface area contributed by atoms with Gasteiger partial charge in [-0.1, -0.05) is 30.3 Å². The van der Waals surface area contributed by atoms with E-state index in [0.29, 0.717) is 16.3 Å². The zero-order valence-electron chi connectivity index (χ0n) is 9.80. The fraction of sp³-hybridized carbons (Fsp3) is 0.167. The average Bonchev–Trinajstić information content (AvgIpc) is 2.42. The lowest BCUT2D eigenvalue weighted by Crippen LogP contribution is -2.12. The van der Waals surface area contributed by atoms with Gasteiger partial charge in [-0.15, -0.1) is 0 Å². The molecule has 0 saturated carbocycles. The summed E-state index contributed by atoms with van der Waals surface area (Å²) in [5, 5.41) is 0. The molecule has 18 heavy (non-hydrogen) atoms. The molecule has 94 valence electrons. The number of nitrogens with two attached hydrogens (primary N) is 1. The van der Waals surface area contributed by atoms with Crippen molar-refractivity contribution in [2.24, 2.45) is 5.84 Å². The summed E-state index contributed by atoms with van der Waals surface area (Å²) in [5.74, 6) is 6.03. The molecule has 1 unspecified atom stereocenters. The Labute approximate surface area is 113 Å². The maximum absolute atomic E-state index is 5.78. The van der Waals surface area contributed by atoms with Crippen LogP contribution in [0.1, 0.15) is 18.6 Å². The third kappa shape index (κ3) is 2.96. The maximum Gasteiger partial charge on any atom is 0.240 e. The van der Waals surface area contributed by atoms with Gasteiger partial charge in [0.2, 0.25) is 11.8 Å². The highest BCUT2D eigenvalue weighted by molar-refractivity contribution is 9.10. The second-order valence-corrected chi connectivity index (χ2v) is 4.52. The van der Waals surface area contributed by atoms with Crippen molar-refractivity contribution in [3.05, 3.63) is 46.6 Å². The van der Waals surface area contributed by atoms with Crippen LogP contribution in [-0.2, 0) is 0 Å². The van der Waals surface area contributed by atoms with E-state index in [0.717, 1.165) is 5.56 Å². The fourth-order valence-electron chi connectivity index (χ4n) is 1.46. The third-order valence-corrected chi connectivity index (χ3v) is 2.94. The average molecular weight is 309 g/mol. The number of hydrazine groups is 1. The predicted molar refractivity (Wildman–Crippen MR) is 73.0 cm³/mol. The molecule has 1 atom stereocenters. The van der Waals surface area contributed by atoms with E-state index in [1.54, 1.807) is 6.20 Å². The van der Waals surface area contributed by atoms with E-state index in [2.05, 4.69) is 31.3 Å². The first-order valence-corrected chi connectivity index (χ1v) is 6.20. The fourth-order valence-corrected chi connectivity index (χ4v) is 1.75. The van der Waals surface area contributed by atoms with E-state index in [9.17, 15) is 0 Å². The first-order valence-electron chi connectivity index (χ1n) is 5.41. The first-order chi connectivity index (χ1) is 8.70.